The molecule has 0 fully saturated rings. The van der Waals surface area contributed by atoms with E-state index in [2.05, 4.69) is 0 Å². The second-order valence-electron chi connectivity index (χ2n) is 4.19. The van der Waals surface area contributed by atoms with Crippen molar-refractivity contribution in [2.24, 2.45) is 0 Å². The number of rotatable bonds is 5. The summed E-state index contributed by atoms with van der Waals surface area (Å²) in [6.07, 6.45) is 0. The second kappa shape index (κ2) is 6.69. The number of benzene rings is 2. The molecule has 6 heteroatoms. The van der Waals surface area contributed by atoms with Gasteiger partial charge in [0.15, 0.2) is 6.61 Å². The van der Waals surface area contributed by atoms with E-state index in [4.69, 9.17) is 15.2 Å². The van der Waals surface area contributed by atoms with Crippen LogP contribution in [-0.2, 0) is 16.1 Å². The molecule has 4 nitrogen and oxygen atoms in total. The van der Waals surface area contributed by atoms with Gasteiger partial charge in [0.05, 0.1) is 11.3 Å². The Kier molecular flexibility index (Phi) is 4.71. The van der Waals surface area contributed by atoms with Gasteiger partial charge in [0, 0.05) is 0 Å². The van der Waals surface area contributed by atoms with Crippen molar-refractivity contribution in [3.63, 3.8) is 0 Å². The Morgan fingerprint density at radius 2 is 1.71 bits per heavy atom. The van der Waals surface area contributed by atoms with Crippen LogP contribution in [0.5, 0.6) is 5.75 Å². The number of para-hydroxylation sites is 2. The van der Waals surface area contributed by atoms with Crippen molar-refractivity contribution in [3.05, 3.63) is 59.7 Å². The van der Waals surface area contributed by atoms with E-state index in [1.165, 1.54) is 6.07 Å². The lowest BCUT2D eigenvalue weighted by molar-refractivity contribution is -0.147. The molecular weight excluding hydrogens is 280 g/mol. The Balaban J connectivity index is 1.87. The summed E-state index contributed by atoms with van der Waals surface area (Å²) in [6.45, 7) is -0.894. The maximum Gasteiger partial charge on any atom is 0.344 e. The molecule has 0 amide bonds. The number of carbonyl (C=O) groups excluding carboxylic acids is 1. The fraction of sp³-hybridized carbons (Fsp3) is 0.133. The summed E-state index contributed by atoms with van der Waals surface area (Å²) >= 11 is 0. The van der Waals surface area contributed by atoms with E-state index in [9.17, 15) is 13.6 Å². The van der Waals surface area contributed by atoms with Gasteiger partial charge in [0.2, 0.25) is 0 Å². The van der Waals surface area contributed by atoms with Crippen LogP contribution in [-0.4, -0.2) is 12.6 Å². The Labute approximate surface area is 120 Å². The van der Waals surface area contributed by atoms with Gasteiger partial charge in [-0.1, -0.05) is 18.2 Å². The Hall–Kier alpha value is -2.63. The average molecular weight is 293 g/mol. The van der Waals surface area contributed by atoms with Crippen LogP contribution in [0.2, 0.25) is 0 Å². The van der Waals surface area contributed by atoms with Crippen LogP contribution in [0.3, 0.4) is 0 Å². The quantitative estimate of drug-likeness (QED) is 0.680. The van der Waals surface area contributed by atoms with Crippen LogP contribution >= 0.6 is 0 Å². The Morgan fingerprint density at radius 1 is 1.05 bits per heavy atom. The normalized spacial score (nSPS) is 10.2. The van der Waals surface area contributed by atoms with Gasteiger partial charge < -0.3 is 15.2 Å². The summed E-state index contributed by atoms with van der Waals surface area (Å²) in [5.74, 6) is -1.94. The molecule has 2 N–H and O–H groups in total. The summed E-state index contributed by atoms with van der Waals surface area (Å²) in [7, 11) is 0. The summed E-state index contributed by atoms with van der Waals surface area (Å²) in [5, 5.41) is 0. The molecule has 0 heterocycles. The largest absolute Gasteiger partial charge is 0.480 e. The molecule has 0 aliphatic heterocycles. The van der Waals surface area contributed by atoms with E-state index < -0.39 is 30.8 Å². The van der Waals surface area contributed by atoms with Gasteiger partial charge in [0.25, 0.3) is 0 Å². The third kappa shape index (κ3) is 3.92. The third-order valence-corrected chi connectivity index (χ3v) is 2.70. The molecule has 2 rings (SSSR count). The van der Waals surface area contributed by atoms with Gasteiger partial charge in [-0.15, -0.1) is 0 Å². The smallest absolute Gasteiger partial charge is 0.344 e. The first-order valence-electron chi connectivity index (χ1n) is 6.13. The maximum atomic E-state index is 13.3. The van der Waals surface area contributed by atoms with Gasteiger partial charge >= 0.3 is 5.97 Å². The molecule has 2 aromatic rings. The number of carbonyl (C=O) groups is 1. The first-order chi connectivity index (χ1) is 10.1. The van der Waals surface area contributed by atoms with E-state index in [1.54, 1.807) is 24.3 Å². The molecule has 0 aliphatic carbocycles. The maximum absolute atomic E-state index is 13.3. The van der Waals surface area contributed by atoms with Crippen molar-refractivity contribution < 1.29 is 23.0 Å². The summed E-state index contributed by atoms with van der Waals surface area (Å²) in [4.78, 5) is 11.5. The van der Waals surface area contributed by atoms with Crippen molar-refractivity contribution in [2.75, 3.05) is 12.3 Å². The molecule has 0 saturated carbocycles. The molecule has 0 unspecified atom stereocenters. The van der Waals surface area contributed by atoms with E-state index in [0.29, 0.717) is 11.4 Å². The van der Waals surface area contributed by atoms with Gasteiger partial charge in [-0.3, -0.25) is 0 Å². The fourth-order valence-electron chi connectivity index (χ4n) is 1.61. The number of hydrogen-bond donors (Lipinski definition) is 1. The van der Waals surface area contributed by atoms with Gasteiger partial charge in [-0.05, 0) is 24.3 Å². The highest BCUT2D eigenvalue weighted by molar-refractivity contribution is 5.71. The number of esters is 1. The van der Waals surface area contributed by atoms with Crippen LogP contribution in [0, 0.1) is 11.6 Å². The highest BCUT2D eigenvalue weighted by atomic mass is 19.1. The first-order valence-corrected chi connectivity index (χ1v) is 6.13. The van der Waals surface area contributed by atoms with Crippen LogP contribution in [0.1, 0.15) is 5.56 Å². The summed E-state index contributed by atoms with van der Waals surface area (Å²) in [6, 6.07) is 10.1. The highest BCUT2D eigenvalue weighted by Gasteiger charge is 2.12. The molecule has 0 radical (unpaired) electrons. The number of hydrogen-bond acceptors (Lipinski definition) is 4. The fourth-order valence-corrected chi connectivity index (χ4v) is 1.61. The highest BCUT2D eigenvalue weighted by Crippen LogP contribution is 2.19. The van der Waals surface area contributed by atoms with E-state index in [0.717, 1.165) is 12.1 Å². The molecule has 110 valence electrons. The van der Waals surface area contributed by atoms with Gasteiger partial charge in [-0.25, -0.2) is 13.6 Å². The van der Waals surface area contributed by atoms with Gasteiger partial charge in [0.1, 0.15) is 24.0 Å². The van der Waals surface area contributed by atoms with Crippen LogP contribution in [0.15, 0.2) is 42.5 Å². The Morgan fingerprint density at radius 3 is 2.38 bits per heavy atom. The zero-order valence-corrected chi connectivity index (χ0v) is 11.0. The van der Waals surface area contributed by atoms with Crippen molar-refractivity contribution >= 4 is 11.7 Å². The van der Waals surface area contributed by atoms with Crippen molar-refractivity contribution in [2.45, 2.75) is 6.61 Å². The Bertz CT molecular complexity index is 626. The number of halogens is 2. The molecule has 0 atom stereocenters. The predicted molar refractivity (Wildman–Crippen MR) is 72.5 cm³/mol. The van der Waals surface area contributed by atoms with E-state index in [1.807, 2.05) is 0 Å². The first kappa shape index (κ1) is 14.8. The molecule has 0 aliphatic rings. The molecular formula is C15H13F2NO3. The number of ether oxygens (including phenoxy) is 2. The standard InChI is InChI=1S/C15H13F2NO3/c16-11-4-3-5-12(17)10(11)8-21-15(19)9-20-14-7-2-1-6-13(14)18/h1-7H,8-9,18H2. The molecule has 21 heavy (non-hydrogen) atoms. The van der Waals surface area contributed by atoms with Gasteiger partial charge in [-0.2, -0.15) is 0 Å². The zero-order valence-electron chi connectivity index (χ0n) is 11.0. The lowest BCUT2D eigenvalue weighted by Crippen LogP contribution is -2.16. The molecule has 0 saturated heterocycles. The third-order valence-electron chi connectivity index (χ3n) is 2.70. The van der Waals surface area contributed by atoms with Crippen LogP contribution in [0.25, 0.3) is 0 Å². The monoisotopic (exact) mass is 293 g/mol. The minimum atomic E-state index is -0.768. The van der Waals surface area contributed by atoms with Crippen LogP contribution in [0.4, 0.5) is 14.5 Å². The second-order valence-corrected chi connectivity index (χ2v) is 4.19. The van der Waals surface area contributed by atoms with Crippen molar-refractivity contribution in [1.29, 1.82) is 0 Å². The minimum absolute atomic E-state index is 0.301. The minimum Gasteiger partial charge on any atom is -0.480 e. The molecule has 0 spiro atoms. The molecule has 0 aromatic heterocycles. The number of nitrogens with two attached hydrogens (primary N) is 1. The average Bonchev–Trinajstić information content (AvgIpc) is 2.46. The van der Waals surface area contributed by atoms with Crippen molar-refractivity contribution in [3.8, 4) is 5.75 Å². The zero-order chi connectivity index (χ0) is 15.2. The van der Waals surface area contributed by atoms with Crippen LogP contribution < -0.4 is 10.5 Å². The molecule has 2 aromatic carbocycles. The SMILES string of the molecule is Nc1ccccc1OCC(=O)OCc1c(F)cccc1F. The topological polar surface area (TPSA) is 61.5 Å². The van der Waals surface area contributed by atoms with Crippen molar-refractivity contribution in [1.82, 2.24) is 0 Å². The lowest BCUT2D eigenvalue weighted by Gasteiger charge is -2.09. The van der Waals surface area contributed by atoms with E-state index >= 15 is 0 Å². The summed E-state index contributed by atoms with van der Waals surface area (Å²) in [5.41, 5.74) is 5.71. The number of nitrogen functional groups attached to an aromatic ring is 1. The number of anilines is 1. The summed E-state index contributed by atoms with van der Waals surface area (Å²) < 4.78 is 36.6. The lowest BCUT2D eigenvalue weighted by atomic mass is 10.2. The predicted octanol–water partition coefficient (Wildman–Crippen LogP) is 2.67. The van der Waals surface area contributed by atoms with E-state index in [-0.39, 0.29) is 5.56 Å². The molecule has 0 bridgehead atoms.